The summed E-state index contributed by atoms with van der Waals surface area (Å²) in [5.41, 5.74) is 3.55. The molecule has 1 amide bonds. The fourth-order valence-corrected chi connectivity index (χ4v) is 4.01. The van der Waals surface area contributed by atoms with Crippen LogP contribution in [0.5, 0.6) is 5.75 Å². The maximum Gasteiger partial charge on any atom is 0.328 e. The number of hydrogen-bond donors (Lipinski definition) is 4. The zero-order valence-electron chi connectivity index (χ0n) is 18.3. The zero-order valence-corrected chi connectivity index (χ0v) is 18.3. The molecule has 10 heteroatoms. The number of aliphatic hydroxyl groups excluding tert-OH is 1. The number of nitrogens with zero attached hydrogens (tertiary/aromatic N) is 2. The van der Waals surface area contributed by atoms with Crippen molar-refractivity contribution in [2.75, 3.05) is 20.2 Å². The number of amides is 1. The Labute approximate surface area is 185 Å². The van der Waals surface area contributed by atoms with Crippen molar-refractivity contribution >= 4 is 5.91 Å². The van der Waals surface area contributed by atoms with Crippen molar-refractivity contribution in [3.8, 4) is 5.75 Å². The lowest BCUT2D eigenvalue weighted by Crippen LogP contribution is -2.55. The van der Waals surface area contributed by atoms with E-state index in [9.17, 15) is 24.6 Å². The van der Waals surface area contributed by atoms with Gasteiger partial charge in [0.2, 0.25) is 0 Å². The summed E-state index contributed by atoms with van der Waals surface area (Å²) >= 11 is 0. The maximum atomic E-state index is 13.0. The van der Waals surface area contributed by atoms with Crippen LogP contribution in [0.15, 0.2) is 40.1 Å². The predicted octanol–water partition coefficient (Wildman–Crippen LogP) is -0.401. The number of aryl methyl sites for hydroxylation is 1. The molecule has 1 heterocycles. The average molecular weight is 447 g/mol. The number of H-pyrrole nitrogens is 1. The second kappa shape index (κ2) is 9.68. The van der Waals surface area contributed by atoms with E-state index in [0.29, 0.717) is 36.4 Å². The van der Waals surface area contributed by atoms with E-state index in [-0.39, 0.29) is 31.3 Å². The second-order valence-electron chi connectivity index (χ2n) is 8.33. The molecule has 174 valence electrons. The van der Waals surface area contributed by atoms with Crippen molar-refractivity contribution in [3.05, 3.63) is 62.4 Å². The molecule has 1 saturated carbocycles. The lowest BCUT2D eigenvalue weighted by Gasteiger charge is -2.43. The highest BCUT2D eigenvalue weighted by Gasteiger charge is 2.43. The molecule has 1 aliphatic rings. The van der Waals surface area contributed by atoms with Gasteiger partial charge in [-0.05, 0) is 44.4 Å². The van der Waals surface area contributed by atoms with Gasteiger partial charge in [0.1, 0.15) is 18.0 Å². The van der Waals surface area contributed by atoms with E-state index in [4.69, 9.17) is 10.5 Å². The Morgan fingerprint density at radius 2 is 2.16 bits per heavy atom. The van der Waals surface area contributed by atoms with Crippen LogP contribution in [-0.4, -0.2) is 68.5 Å². The zero-order chi connectivity index (χ0) is 23.5. The van der Waals surface area contributed by atoms with Crippen LogP contribution in [0, 0.1) is 6.92 Å². The Morgan fingerprint density at radius 1 is 1.41 bits per heavy atom. The van der Waals surface area contributed by atoms with Crippen molar-refractivity contribution in [1.29, 1.82) is 0 Å². The van der Waals surface area contributed by atoms with Gasteiger partial charge in [0, 0.05) is 37.0 Å². The maximum absolute atomic E-state index is 13.0. The van der Waals surface area contributed by atoms with Crippen molar-refractivity contribution in [3.63, 3.8) is 0 Å². The molecule has 0 saturated heterocycles. The molecule has 0 unspecified atom stereocenters. The van der Waals surface area contributed by atoms with Gasteiger partial charge in [-0.25, -0.2) is 4.79 Å². The van der Waals surface area contributed by atoms with Crippen LogP contribution in [0.1, 0.15) is 35.2 Å². The first kappa shape index (κ1) is 23.7. The Kier molecular flexibility index (Phi) is 7.17. The molecule has 0 radical (unpaired) electrons. The van der Waals surface area contributed by atoms with E-state index in [2.05, 4.69) is 4.98 Å². The summed E-state index contributed by atoms with van der Waals surface area (Å²) in [6, 6.07) is 6.52. The monoisotopic (exact) mass is 446 g/mol. The molecule has 0 aliphatic heterocycles. The van der Waals surface area contributed by atoms with Gasteiger partial charge in [-0.3, -0.25) is 19.1 Å². The van der Waals surface area contributed by atoms with E-state index in [1.54, 1.807) is 43.1 Å². The molecule has 1 aliphatic carbocycles. The molecular weight excluding hydrogens is 416 g/mol. The highest BCUT2D eigenvalue weighted by Crippen LogP contribution is 2.33. The number of rotatable bonds is 7. The first-order valence-electron chi connectivity index (χ1n) is 10.6. The summed E-state index contributed by atoms with van der Waals surface area (Å²) < 4.78 is 6.68. The Hall–Kier alpha value is -2.95. The van der Waals surface area contributed by atoms with Crippen LogP contribution < -0.4 is 21.7 Å². The first-order valence-corrected chi connectivity index (χ1v) is 10.6. The summed E-state index contributed by atoms with van der Waals surface area (Å²) in [7, 11) is 1.66. The molecule has 1 fully saturated rings. The third-order valence-electron chi connectivity index (χ3n) is 5.99. The summed E-state index contributed by atoms with van der Waals surface area (Å²) in [4.78, 5) is 40.4. The fraction of sp³-hybridized carbons (Fsp3) is 0.500. The standard InChI is InChI=1S/C22H30N4O6/c1-14-12-26(21(30)24-19(14)28)13-22(31)7-6-16(11-18(22)27)25(2)20(29)15-4-3-5-17(10-15)32-9-8-23/h3-5,10,12,16,18,27,31H,6-9,11,13,23H2,1-2H3,(H,24,28,30)/t16-,18+,22+/m0/s1. The molecule has 10 nitrogen and oxygen atoms in total. The molecule has 32 heavy (non-hydrogen) atoms. The molecule has 2 aromatic rings. The van der Waals surface area contributed by atoms with Crippen molar-refractivity contribution < 1.29 is 19.7 Å². The van der Waals surface area contributed by atoms with Gasteiger partial charge < -0.3 is 25.6 Å². The van der Waals surface area contributed by atoms with Gasteiger partial charge in [0.15, 0.2) is 0 Å². The topological polar surface area (TPSA) is 151 Å². The molecule has 3 atom stereocenters. The van der Waals surface area contributed by atoms with Crippen LogP contribution in [0.25, 0.3) is 0 Å². The van der Waals surface area contributed by atoms with E-state index in [0.717, 1.165) is 0 Å². The number of hydrogen-bond acceptors (Lipinski definition) is 7. The number of aromatic amines is 1. The van der Waals surface area contributed by atoms with E-state index in [1.165, 1.54) is 10.8 Å². The predicted molar refractivity (Wildman–Crippen MR) is 118 cm³/mol. The summed E-state index contributed by atoms with van der Waals surface area (Å²) in [6.07, 6.45) is 0.985. The lowest BCUT2D eigenvalue weighted by atomic mass is 9.79. The number of ether oxygens (including phenoxy) is 1. The summed E-state index contributed by atoms with van der Waals surface area (Å²) in [5, 5.41) is 21.7. The Bertz CT molecular complexity index is 1080. The normalized spacial score (nSPS) is 23.0. The van der Waals surface area contributed by atoms with E-state index < -0.39 is 23.0 Å². The number of nitrogens with one attached hydrogen (secondary N) is 1. The van der Waals surface area contributed by atoms with Gasteiger partial charge in [-0.15, -0.1) is 0 Å². The molecule has 0 bridgehead atoms. The van der Waals surface area contributed by atoms with Gasteiger partial charge in [-0.1, -0.05) is 6.07 Å². The molecule has 1 aromatic heterocycles. The Balaban J connectivity index is 1.69. The minimum Gasteiger partial charge on any atom is -0.492 e. The smallest absolute Gasteiger partial charge is 0.328 e. The van der Waals surface area contributed by atoms with E-state index >= 15 is 0 Å². The number of carbonyl (C=O) groups excluding carboxylic acids is 1. The molecular formula is C22H30N4O6. The second-order valence-corrected chi connectivity index (χ2v) is 8.33. The number of aliphatic hydroxyl groups is 2. The summed E-state index contributed by atoms with van der Waals surface area (Å²) in [5.74, 6) is 0.327. The van der Waals surface area contributed by atoms with Crippen molar-refractivity contribution in [2.24, 2.45) is 5.73 Å². The number of benzene rings is 1. The molecule has 3 rings (SSSR count). The van der Waals surface area contributed by atoms with Crippen LogP contribution in [0.4, 0.5) is 0 Å². The first-order chi connectivity index (χ1) is 15.1. The fourth-order valence-electron chi connectivity index (χ4n) is 4.01. The number of aromatic nitrogens is 2. The van der Waals surface area contributed by atoms with Gasteiger partial charge >= 0.3 is 5.69 Å². The summed E-state index contributed by atoms with van der Waals surface area (Å²) in [6.45, 7) is 2.11. The van der Waals surface area contributed by atoms with Crippen LogP contribution in [0.2, 0.25) is 0 Å². The Morgan fingerprint density at radius 3 is 2.84 bits per heavy atom. The van der Waals surface area contributed by atoms with Crippen LogP contribution in [-0.2, 0) is 6.54 Å². The van der Waals surface area contributed by atoms with E-state index in [1.807, 2.05) is 0 Å². The van der Waals surface area contributed by atoms with Crippen LogP contribution >= 0.6 is 0 Å². The van der Waals surface area contributed by atoms with Crippen molar-refractivity contribution in [2.45, 2.75) is 50.5 Å². The highest BCUT2D eigenvalue weighted by atomic mass is 16.5. The van der Waals surface area contributed by atoms with Gasteiger partial charge in [0.05, 0.1) is 12.6 Å². The number of carbonyl (C=O) groups is 1. The third kappa shape index (κ3) is 5.09. The molecule has 1 aromatic carbocycles. The number of nitrogens with two attached hydrogens (primary N) is 1. The highest BCUT2D eigenvalue weighted by molar-refractivity contribution is 5.94. The minimum absolute atomic E-state index is 0.152. The largest absolute Gasteiger partial charge is 0.492 e. The quantitative estimate of drug-likeness (QED) is 0.452. The minimum atomic E-state index is -1.55. The lowest BCUT2D eigenvalue weighted by molar-refractivity contribution is -0.122. The van der Waals surface area contributed by atoms with Gasteiger partial charge in [-0.2, -0.15) is 0 Å². The third-order valence-corrected chi connectivity index (χ3v) is 5.99. The molecule has 0 spiro atoms. The molecule has 5 N–H and O–H groups in total. The van der Waals surface area contributed by atoms with Crippen molar-refractivity contribution in [1.82, 2.24) is 14.5 Å². The van der Waals surface area contributed by atoms with Gasteiger partial charge in [0.25, 0.3) is 11.5 Å². The van der Waals surface area contributed by atoms with Crippen LogP contribution in [0.3, 0.4) is 0 Å². The average Bonchev–Trinajstić information content (AvgIpc) is 2.77. The SMILES string of the molecule is Cc1cn(C[C@]2(O)CC[C@H](N(C)C(=O)c3cccc(OCCN)c3)C[C@H]2O)c(=O)[nH]c1=O.